The molecule has 4 N–H and O–H groups in total. The summed E-state index contributed by atoms with van der Waals surface area (Å²) in [6.45, 7) is 2.73. The number of carbonyl (C=O) groups excluding carboxylic acids is 3. The van der Waals surface area contributed by atoms with E-state index in [1.807, 2.05) is 73.7 Å². The highest BCUT2D eigenvalue weighted by Crippen LogP contribution is 2.32. The lowest BCUT2D eigenvalue weighted by atomic mass is 9.90. The molecule has 0 saturated carbocycles. The molecule has 0 aliphatic carbocycles. The molecule has 1 saturated heterocycles. The first kappa shape index (κ1) is 30.3. The highest BCUT2D eigenvalue weighted by molar-refractivity contribution is 5.90. The monoisotopic (exact) mass is 585 g/mol. The molecule has 3 amide bonds. The third-order valence-electron chi connectivity index (χ3n) is 8.39. The topological polar surface area (TPSA) is 128 Å². The third kappa shape index (κ3) is 7.24. The Morgan fingerprint density at radius 1 is 1.00 bits per heavy atom. The van der Waals surface area contributed by atoms with Gasteiger partial charge in [0.05, 0.1) is 6.04 Å². The van der Waals surface area contributed by atoms with Gasteiger partial charge in [-0.05, 0) is 55.4 Å². The van der Waals surface area contributed by atoms with Crippen molar-refractivity contribution in [1.29, 1.82) is 0 Å². The van der Waals surface area contributed by atoms with Crippen LogP contribution in [0.2, 0.25) is 0 Å². The summed E-state index contributed by atoms with van der Waals surface area (Å²) in [7, 11) is 0. The van der Waals surface area contributed by atoms with Crippen LogP contribution >= 0.6 is 0 Å². The van der Waals surface area contributed by atoms with Gasteiger partial charge in [-0.25, -0.2) is 0 Å². The molecule has 3 aromatic rings. The van der Waals surface area contributed by atoms with Gasteiger partial charge < -0.3 is 30.5 Å². The van der Waals surface area contributed by atoms with E-state index >= 15 is 0 Å². The van der Waals surface area contributed by atoms with Gasteiger partial charge in [0, 0.05) is 24.6 Å². The highest BCUT2D eigenvalue weighted by Gasteiger charge is 2.39. The van der Waals surface area contributed by atoms with E-state index < -0.39 is 36.1 Å². The summed E-state index contributed by atoms with van der Waals surface area (Å²) in [4.78, 5) is 41.8. The average Bonchev–Trinajstić information content (AvgIpc) is 3.52. The Labute approximate surface area is 251 Å². The molecule has 9 nitrogen and oxygen atoms in total. The molecule has 226 valence electrons. The van der Waals surface area contributed by atoms with Crippen molar-refractivity contribution >= 4 is 17.7 Å². The number of amides is 3. The normalized spacial score (nSPS) is 20.8. The first-order chi connectivity index (χ1) is 20.8. The minimum Gasteiger partial charge on any atom is -0.490 e. The number of nitrogens with one attached hydrogen (secondary N) is 2. The number of nitrogens with zero attached hydrogens (tertiary/aromatic N) is 1. The summed E-state index contributed by atoms with van der Waals surface area (Å²) in [5.74, 6) is -1.37. The predicted molar refractivity (Wildman–Crippen MR) is 161 cm³/mol. The number of benzene rings is 3. The predicted octanol–water partition coefficient (Wildman–Crippen LogP) is 2.82. The Hall–Kier alpha value is -4.21. The van der Waals surface area contributed by atoms with Gasteiger partial charge in [0.1, 0.15) is 30.6 Å². The number of aryl methyl sites for hydroxylation is 1. The number of likely N-dealkylation sites (tertiary alicyclic amines) is 1. The number of fused-ring (bicyclic) bond motifs is 1. The highest BCUT2D eigenvalue weighted by atomic mass is 16.5. The molecule has 0 unspecified atom stereocenters. The van der Waals surface area contributed by atoms with E-state index in [1.165, 1.54) is 4.90 Å². The van der Waals surface area contributed by atoms with Crippen LogP contribution in [0.1, 0.15) is 47.6 Å². The zero-order chi connectivity index (χ0) is 30.3. The van der Waals surface area contributed by atoms with Gasteiger partial charge in [0.25, 0.3) is 5.91 Å². The Balaban J connectivity index is 1.27. The van der Waals surface area contributed by atoms with Gasteiger partial charge in [-0.15, -0.1) is 0 Å². The first-order valence-electron chi connectivity index (χ1n) is 14.9. The molecule has 3 aromatic carbocycles. The van der Waals surface area contributed by atoms with Gasteiger partial charge >= 0.3 is 0 Å². The average molecular weight is 586 g/mol. The number of hydrogen-bond donors (Lipinski definition) is 4. The lowest BCUT2D eigenvalue weighted by Gasteiger charge is -2.32. The maximum Gasteiger partial charge on any atom is 0.252 e. The fourth-order valence-corrected chi connectivity index (χ4v) is 5.95. The number of aliphatic hydroxyl groups excluding tert-OH is 2. The molecule has 0 aromatic heterocycles. The van der Waals surface area contributed by atoms with Crippen LogP contribution < -0.4 is 15.4 Å². The smallest absolute Gasteiger partial charge is 0.252 e. The van der Waals surface area contributed by atoms with Crippen LogP contribution in [0.25, 0.3) is 0 Å². The minimum absolute atomic E-state index is 0.0364. The van der Waals surface area contributed by atoms with Crippen LogP contribution in [0, 0.1) is 12.8 Å². The number of ether oxygens (including phenoxy) is 1. The summed E-state index contributed by atoms with van der Waals surface area (Å²) in [6.07, 6.45) is -1.11. The molecule has 0 spiro atoms. The molecule has 43 heavy (non-hydrogen) atoms. The number of carbonyl (C=O) groups is 3. The summed E-state index contributed by atoms with van der Waals surface area (Å²) in [6, 6.07) is 23.0. The first-order valence-corrected chi connectivity index (χ1v) is 14.9. The number of rotatable bonds is 10. The Bertz CT molecular complexity index is 1430. The van der Waals surface area contributed by atoms with Crippen molar-refractivity contribution in [2.45, 2.75) is 63.4 Å². The second-order valence-corrected chi connectivity index (χ2v) is 11.4. The van der Waals surface area contributed by atoms with Gasteiger partial charge in [-0.3, -0.25) is 14.4 Å². The van der Waals surface area contributed by atoms with Crippen LogP contribution in [0.3, 0.4) is 0 Å². The van der Waals surface area contributed by atoms with Crippen LogP contribution in [-0.4, -0.2) is 64.2 Å². The molecule has 9 heteroatoms. The van der Waals surface area contributed by atoms with Crippen molar-refractivity contribution < 1.29 is 29.3 Å². The zero-order valence-electron chi connectivity index (χ0n) is 24.3. The van der Waals surface area contributed by atoms with E-state index in [4.69, 9.17) is 4.74 Å². The quantitative estimate of drug-likeness (QED) is 0.290. The lowest BCUT2D eigenvalue weighted by Crippen LogP contribution is -2.50. The van der Waals surface area contributed by atoms with E-state index in [-0.39, 0.29) is 31.3 Å². The zero-order valence-corrected chi connectivity index (χ0v) is 24.3. The molecular weight excluding hydrogens is 546 g/mol. The Kier molecular flexibility index (Phi) is 9.74. The molecular formula is C34H39N3O6. The standard InChI is InChI=1S/C34H39N3O6/c1-22-10-5-6-13-24(22)20-35-33(41)27-15-9-17-37(27)34(42)28(38)19-25(18-23-11-3-2-4-12-23)32(40)36-31-26-14-7-8-16-30(26)43-21-29(31)39/h2-8,10-14,16,25,27-29,31,38-39H,9,15,17-21H2,1H3,(H,35,41)(H,36,40)/t25-,27+,28+,29-,31+/m1/s1. The molecule has 0 bridgehead atoms. The van der Waals surface area contributed by atoms with Crippen molar-refractivity contribution in [3.8, 4) is 5.75 Å². The number of hydrogen-bond acceptors (Lipinski definition) is 6. The van der Waals surface area contributed by atoms with E-state index in [9.17, 15) is 24.6 Å². The molecule has 2 aliphatic heterocycles. The van der Waals surface area contributed by atoms with Gasteiger partial charge in [-0.2, -0.15) is 0 Å². The molecule has 2 heterocycles. The van der Waals surface area contributed by atoms with E-state index in [2.05, 4.69) is 10.6 Å². The van der Waals surface area contributed by atoms with E-state index in [0.29, 0.717) is 37.2 Å². The summed E-state index contributed by atoms with van der Waals surface area (Å²) < 4.78 is 5.61. The van der Waals surface area contributed by atoms with Crippen LogP contribution in [0.5, 0.6) is 5.75 Å². The molecule has 0 radical (unpaired) electrons. The molecule has 1 fully saturated rings. The second-order valence-electron chi connectivity index (χ2n) is 11.4. The Morgan fingerprint density at radius 3 is 2.51 bits per heavy atom. The van der Waals surface area contributed by atoms with Crippen molar-refractivity contribution in [2.24, 2.45) is 5.92 Å². The largest absolute Gasteiger partial charge is 0.490 e. The maximum atomic E-state index is 13.7. The SMILES string of the molecule is Cc1ccccc1CNC(=O)[C@@H]1CCCN1C(=O)[C@@H](O)C[C@@H](Cc1ccccc1)C(=O)N[C@H]1c2ccccc2OC[C@H]1O. The third-order valence-corrected chi connectivity index (χ3v) is 8.39. The number of para-hydroxylation sites is 1. The van der Waals surface area contributed by atoms with Crippen molar-refractivity contribution in [3.05, 3.63) is 101 Å². The van der Waals surface area contributed by atoms with Crippen LogP contribution in [0.4, 0.5) is 0 Å². The summed E-state index contributed by atoms with van der Waals surface area (Å²) >= 11 is 0. The number of aliphatic hydroxyl groups is 2. The van der Waals surface area contributed by atoms with Crippen LogP contribution in [0.15, 0.2) is 78.9 Å². The second kappa shape index (κ2) is 13.8. The minimum atomic E-state index is -1.48. The van der Waals surface area contributed by atoms with Crippen molar-refractivity contribution in [1.82, 2.24) is 15.5 Å². The van der Waals surface area contributed by atoms with Gasteiger partial charge in [0.2, 0.25) is 11.8 Å². The molecule has 2 aliphatic rings. The summed E-state index contributed by atoms with van der Waals surface area (Å²) in [5.41, 5.74) is 3.61. The Morgan fingerprint density at radius 2 is 1.72 bits per heavy atom. The van der Waals surface area contributed by atoms with Gasteiger partial charge in [0.15, 0.2) is 0 Å². The molecule has 5 rings (SSSR count). The summed E-state index contributed by atoms with van der Waals surface area (Å²) in [5, 5.41) is 27.7. The van der Waals surface area contributed by atoms with E-state index in [0.717, 1.165) is 16.7 Å². The van der Waals surface area contributed by atoms with E-state index in [1.54, 1.807) is 12.1 Å². The van der Waals surface area contributed by atoms with Gasteiger partial charge in [-0.1, -0.05) is 72.8 Å². The van der Waals surface area contributed by atoms with Crippen molar-refractivity contribution in [3.63, 3.8) is 0 Å². The van der Waals surface area contributed by atoms with Crippen molar-refractivity contribution in [2.75, 3.05) is 13.2 Å². The molecule has 5 atom stereocenters. The fourth-order valence-electron chi connectivity index (χ4n) is 5.95. The van der Waals surface area contributed by atoms with Crippen LogP contribution in [-0.2, 0) is 27.3 Å². The lowest BCUT2D eigenvalue weighted by molar-refractivity contribution is -0.146. The maximum absolute atomic E-state index is 13.7. The fraction of sp³-hybridized carbons (Fsp3) is 0.382.